The van der Waals surface area contributed by atoms with Gasteiger partial charge in [0.05, 0.1) is 31.3 Å². The summed E-state index contributed by atoms with van der Waals surface area (Å²) in [6, 6.07) is 2.25. The summed E-state index contributed by atoms with van der Waals surface area (Å²) in [6.45, 7) is 0. The van der Waals surface area contributed by atoms with E-state index in [0.717, 1.165) is 12.1 Å². The van der Waals surface area contributed by atoms with E-state index < -0.39 is 4.92 Å². The summed E-state index contributed by atoms with van der Waals surface area (Å²) < 4.78 is 9.49. The molecule has 0 aliphatic heterocycles. The first-order valence-electron chi connectivity index (χ1n) is 3.69. The molecule has 1 N–H and O–H groups in total. The number of phenols is 1. The van der Waals surface area contributed by atoms with Crippen LogP contribution in [0, 0.1) is 10.1 Å². The number of phenolic OH excluding ortho intramolecular Hbond substituents is 1. The van der Waals surface area contributed by atoms with E-state index in [1.54, 1.807) is 0 Å². The van der Waals surface area contributed by atoms with Gasteiger partial charge in [-0.15, -0.1) is 0 Å². The molecule has 14 heavy (non-hydrogen) atoms. The number of nitrogens with zero attached hydrogens (tertiary/aromatic N) is 1. The van der Waals surface area contributed by atoms with Crippen molar-refractivity contribution in [1.29, 1.82) is 0 Å². The van der Waals surface area contributed by atoms with Gasteiger partial charge < -0.3 is 14.6 Å². The monoisotopic (exact) mass is 199 g/mol. The molecule has 0 amide bonds. The number of rotatable bonds is 3. The highest BCUT2D eigenvalue weighted by Gasteiger charge is 2.16. The summed E-state index contributed by atoms with van der Waals surface area (Å²) >= 11 is 0. The molecule has 0 aliphatic rings. The highest BCUT2D eigenvalue weighted by Crippen LogP contribution is 2.39. The molecule has 76 valence electrons. The molecule has 0 bridgehead atoms. The van der Waals surface area contributed by atoms with E-state index in [1.165, 1.54) is 14.2 Å². The zero-order valence-corrected chi connectivity index (χ0v) is 7.68. The van der Waals surface area contributed by atoms with Crippen molar-refractivity contribution in [3.63, 3.8) is 0 Å². The maximum Gasteiger partial charge on any atom is 0.277 e. The van der Waals surface area contributed by atoms with Gasteiger partial charge in [0.25, 0.3) is 5.69 Å². The van der Waals surface area contributed by atoms with Gasteiger partial charge in [-0.25, -0.2) is 0 Å². The molecule has 0 aromatic heterocycles. The van der Waals surface area contributed by atoms with Crippen molar-refractivity contribution in [2.45, 2.75) is 0 Å². The predicted molar refractivity (Wildman–Crippen MR) is 47.9 cm³/mol. The Hall–Kier alpha value is -1.98. The maximum atomic E-state index is 10.5. The molecule has 6 nitrogen and oxygen atoms in total. The Morgan fingerprint density at radius 3 is 2.00 bits per heavy atom. The Labute approximate surface area is 79.8 Å². The minimum atomic E-state index is -0.593. The van der Waals surface area contributed by atoms with Crippen LogP contribution in [0.4, 0.5) is 5.69 Å². The van der Waals surface area contributed by atoms with E-state index in [9.17, 15) is 15.2 Å². The highest BCUT2D eigenvalue weighted by atomic mass is 16.6. The van der Waals surface area contributed by atoms with Crippen LogP contribution < -0.4 is 9.47 Å². The van der Waals surface area contributed by atoms with Crippen molar-refractivity contribution in [2.75, 3.05) is 14.2 Å². The van der Waals surface area contributed by atoms with E-state index in [0.29, 0.717) is 0 Å². The Bertz CT molecular complexity index is 338. The second-order valence-electron chi connectivity index (χ2n) is 2.46. The summed E-state index contributed by atoms with van der Waals surface area (Å²) in [5, 5.41) is 19.9. The number of aromatic hydroxyl groups is 1. The summed E-state index contributed by atoms with van der Waals surface area (Å²) in [4.78, 5) is 9.87. The van der Waals surface area contributed by atoms with E-state index in [2.05, 4.69) is 0 Å². The van der Waals surface area contributed by atoms with Crippen molar-refractivity contribution in [1.82, 2.24) is 0 Å². The molecular weight excluding hydrogens is 190 g/mol. The van der Waals surface area contributed by atoms with Crippen LogP contribution in [-0.4, -0.2) is 24.2 Å². The first kappa shape index (κ1) is 10.1. The van der Waals surface area contributed by atoms with Crippen molar-refractivity contribution < 1.29 is 19.5 Å². The fraction of sp³-hybridized carbons (Fsp3) is 0.250. The molecule has 0 unspecified atom stereocenters. The Morgan fingerprint density at radius 2 is 1.71 bits per heavy atom. The average molecular weight is 199 g/mol. The first-order chi connectivity index (χ1) is 6.60. The predicted octanol–water partition coefficient (Wildman–Crippen LogP) is 1.32. The molecule has 0 spiro atoms. The van der Waals surface area contributed by atoms with E-state index in [-0.39, 0.29) is 22.9 Å². The maximum absolute atomic E-state index is 10.5. The number of ether oxygens (including phenoxy) is 2. The highest BCUT2D eigenvalue weighted by molar-refractivity contribution is 5.57. The van der Waals surface area contributed by atoms with Gasteiger partial charge in [0.1, 0.15) is 0 Å². The number of benzene rings is 1. The lowest BCUT2D eigenvalue weighted by Crippen LogP contribution is -1.93. The third kappa shape index (κ3) is 1.68. The molecule has 0 radical (unpaired) electrons. The van der Waals surface area contributed by atoms with Crippen LogP contribution in [0.1, 0.15) is 0 Å². The summed E-state index contributed by atoms with van der Waals surface area (Å²) in [7, 11) is 2.61. The van der Waals surface area contributed by atoms with Crippen molar-refractivity contribution in [3.05, 3.63) is 22.2 Å². The van der Waals surface area contributed by atoms with Gasteiger partial charge in [-0.2, -0.15) is 0 Å². The van der Waals surface area contributed by atoms with Crippen molar-refractivity contribution in [2.24, 2.45) is 0 Å². The van der Waals surface area contributed by atoms with Gasteiger partial charge in [-0.05, 0) is 0 Å². The van der Waals surface area contributed by atoms with Crippen LogP contribution >= 0.6 is 0 Å². The molecule has 0 saturated heterocycles. The summed E-state index contributed by atoms with van der Waals surface area (Å²) in [5.74, 6) is -0.229. The van der Waals surface area contributed by atoms with Crippen LogP contribution in [0.2, 0.25) is 0 Å². The molecule has 1 aromatic rings. The smallest absolute Gasteiger partial charge is 0.277 e. The Kier molecular flexibility index (Phi) is 2.76. The SMILES string of the molecule is COc1cc([N+](=O)[O-])cc(OC)c1O. The molecule has 0 aliphatic carbocycles. The number of non-ortho nitro benzene ring substituents is 1. The lowest BCUT2D eigenvalue weighted by molar-refractivity contribution is -0.385. The molecule has 0 heterocycles. The number of hydrogen-bond donors (Lipinski definition) is 1. The van der Waals surface area contributed by atoms with Crippen LogP contribution in [0.3, 0.4) is 0 Å². The number of nitro benzene ring substituents is 1. The van der Waals surface area contributed by atoms with Gasteiger partial charge in [-0.1, -0.05) is 0 Å². The quantitative estimate of drug-likeness (QED) is 0.586. The van der Waals surface area contributed by atoms with E-state index in [1.807, 2.05) is 0 Å². The van der Waals surface area contributed by atoms with Gasteiger partial charge in [0.2, 0.25) is 5.75 Å². The topological polar surface area (TPSA) is 81.8 Å². The van der Waals surface area contributed by atoms with Gasteiger partial charge >= 0.3 is 0 Å². The lowest BCUT2D eigenvalue weighted by atomic mass is 10.2. The molecule has 0 saturated carbocycles. The van der Waals surface area contributed by atoms with Crippen LogP contribution in [0.25, 0.3) is 0 Å². The van der Waals surface area contributed by atoms with Gasteiger partial charge in [0.15, 0.2) is 11.5 Å². The van der Waals surface area contributed by atoms with Gasteiger partial charge in [0, 0.05) is 0 Å². The Morgan fingerprint density at radius 1 is 1.29 bits per heavy atom. The third-order valence-corrected chi connectivity index (χ3v) is 1.68. The lowest BCUT2D eigenvalue weighted by Gasteiger charge is -2.07. The van der Waals surface area contributed by atoms with Crippen LogP contribution in [0.15, 0.2) is 12.1 Å². The van der Waals surface area contributed by atoms with Crippen molar-refractivity contribution in [3.8, 4) is 17.2 Å². The minimum Gasteiger partial charge on any atom is -0.502 e. The van der Waals surface area contributed by atoms with Crippen LogP contribution in [-0.2, 0) is 0 Å². The normalized spacial score (nSPS) is 9.57. The first-order valence-corrected chi connectivity index (χ1v) is 3.69. The van der Waals surface area contributed by atoms with E-state index in [4.69, 9.17) is 9.47 Å². The number of methoxy groups -OCH3 is 2. The average Bonchev–Trinajstić information content (AvgIpc) is 2.17. The van der Waals surface area contributed by atoms with Crippen molar-refractivity contribution >= 4 is 5.69 Å². The molecule has 1 rings (SSSR count). The van der Waals surface area contributed by atoms with Crippen LogP contribution in [0.5, 0.6) is 17.2 Å². The molecule has 0 atom stereocenters. The molecule has 6 heteroatoms. The fourth-order valence-electron chi connectivity index (χ4n) is 0.985. The third-order valence-electron chi connectivity index (χ3n) is 1.68. The van der Waals surface area contributed by atoms with Gasteiger partial charge in [-0.3, -0.25) is 10.1 Å². The largest absolute Gasteiger partial charge is 0.502 e. The molecular formula is C8H9NO5. The summed E-state index contributed by atoms with van der Waals surface area (Å²) in [6.07, 6.45) is 0. The fourth-order valence-corrected chi connectivity index (χ4v) is 0.985. The summed E-state index contributed by atoms with van der Waals surface area (Å²) in [5.41, 5.74) is -0.198. The molecule has 0 fully saturated rings. The minimum absolute atomic E-state index is 0.0102. The standard InChI is InChI=1S/C8H9NO5/c1-13-6-3-5(9(11)12)4-7(14-2)8(6)10/h3-4,10H,1-2H3. The second kappa shape index (κ2) is 3.82. The number of nitro groups is 1. The molecule has 1 aromatic carbocycles. The number of hydrogen-bond acceptors (Lipinski definition) is 5. The Balaban J connectivity index is 3.32. The zero-order valence-electron chi connectivity index (χ0n) is 7.68. The van der Waals surface area contributed by atoms with E-state index >= 15 is 0 Å². The zero-order chi connectivity index (χ0) is 10.7. The second-order valence-corrected chi connectivity index (χ2v) is 2.46.